The minimum Gasteiger partial charge on any atom is -0.423 e. The minimum atomic E-state index is -4.22. The fourth-order valence-corrected chi connectivity index (χ4v) is 3.46. The Labute approximate surface area is 241 Å². The topological polar surface area (TPSA) is 197 Å². The van der Waals surface area contributed by atoms with Crippen LogP contribution in [0.25, 0.3) is 0 Å². The van der Waals surface area contributed by atoms with Crippen LogP contribution in [0.15, 0.2) is 42.5 Å². The molecule has 1 atom stereocenters. The van der Waals surface area contributed by atoms with Gasteiger partial charge in [0.25, 0.3) is 0 Å². The fraction of sp³-hybridized carbons (Fsp3) is 0.423. The van der Waals surface area contributed by atoms with Crippen LogP contribution in [0.2, 0.25) is 0 Å². The predicted molar refractivity (Wildman–Crippen MR) is 151 cm³/mol. The Morgan fingerprint density at radius 1 is 1.02 bits per heavy atom. The Hall–Kier alpha value is -3.57. The first-order valence-electron chi connectivity index (χ1n) is 13.1. The van der Waals surface area contributed by atoms with E-state index < -0.39 is 49.1 Å². The number of nitrogens with zero attached hydrogens (tertiary/aromatic N) is 1. The average molecular weight is 600 g/mol. The van der Waals surface area contributed by atoms with E-state index >= 15 is 0 Å². The van der Waals surface area contributed by atoms with E-state index in [9.17, 15) is 31.9 Å². The molecule has 0 bridgehead atoms. The van der Waals surface area contributed by atoms with Crippen LogP contribution in [0.4, 0.5) is 23.2 Å². The predicted octanol–water partition coefficient (Wildman–Crippen LogP) is -0.318. The van der Waals surface area contributed by atoms with Gasteiger partial charge < -0.3 is 42.8 Å². The molecule has 0 aliphatic rings. The molecule has 16 heteroatoms. The van der Waals surface area contributed by atoms with Gasteiger partial charge in [-0.3, -0.25) is 14.4 Å². The molecular formula is C26H37BF4N6O5. The molecule has 1 unspecified atom stereocenters. The Balaban J connectivity index is 0.000000609. The second kappa shape index (κ2) is 18.1. The maximum Gasteiger partial charge on any atom is 0.488 e. The van der Waals surface area contributed by atoms with Gasteiger partial charge in [-0.25, -0.2) is 4.39 Å². The summed E-state index contributed by atoms with van der Waals surface area (Å²) in [6, 6.07) is 7.47. The van der Waals surface area contributed by atoms with Crippen LogP contribution in [-0.2, 0) is 27.0 Å². The molecule has 2 aromatic carbocycles. The Morgan fingerprint density at radius 3 is 2.10 bits per heavy atom. The average Bonchev–Trinajstić information content (AvgIpc) is 2.95. The number of halogens is 4. The molecule has 42 heavy (non-hydrogen) atoms. The standard InChI is InChI=1S/C17H28BFN6O5.C9H9F3/c19-12-9-11(18(29)30)1-3-14(12)24-15(26)10-23-17(28)13(22)2-4-16(27)25(7-5-20)8-6-21;1-2-7-3-5-8(6-4-7)9(10,11)12/h1,3,9,13,29-30H,2,4-8,10,20-22H2,(H,23,28)(H,24,26);3-6H,2H2,1H3. The molecule has 2 rings (SSSR count). The zero-order valence-electron chi connectivity index (χ0n) is 23.2. The molecule has 2 aromatic rings. The molecule has 3 amide bonds. The van der Waals surface area contributed by atoms with Gasteiger partial charge in [0.2, 0.25) is 17.7 Å². The summed E-state index contributed by atoms with van der Waals surface area (Å²) in [5, 5.41) is 22.5. The second-order valence-corrected chi connectivity index (χ2v) is 9.03. The molecular weight excluding hydrogens is 563 g/mol. The number of amides is 3. The molecule has 0 spiro atoms. The molecule has 0 radical (unpaired) electrons. The van der Waals surface area contributed by atoms with E-state index in [4.69, 9.17) is 27.2 Å². The van der Waals surface area contributed by atoms with E-state index in [1.165, 1.54) is 23.1 Å². The van der Waals surface area contributed by atoms with Crippen LogP contribution in [-0.4, -0.2) is 78.6 Å². The maximum absolute atomic E-state index is 13.9. The Kier molecular flexibility index (Phi) is 15.7. The van der Waals surface area contributed by atoms with Crippen LogP contribution < -0.4 is 33.3 Å². The molecule has 0 aliphatic carbocycles. The van der Waals surface area contributed by atoms with Crippen molar-refractivity contribution in [2.24, 2.45) is 17.2 Å². The molecule has 0 saturated carbocycles. The first kappa shape index (κ1) is 36.5. The van der Waals surface area contributed by atoms with E-state index in [1.54, 1.807) is 0 Å². The summed E-state index contributed by atoms with van der Waals surface area (Å²) in [6.45, 7) is 2.73. The summed E-state index contributed by atoms with van der Waals surface area (Å²) in [5.74, 6) is -2.44. The highest BCUT2D eigenvalue weighted by Crippen LogP contribution is 2.29. The molecule has 0 aromatic heterocycles. The zero-order valence-corrected chi connectivity index (χ0v) is 23.2. The van der Waals surface area contributed by atoms with Crippen LogP contribution in [0.3, 0.4) is 0 Å². The van der Waals surface area contributed by atoms with Crippen molar-refractivity contribution < 1.29 is 42.0 Å². The lowest BCUT2D eigenvalue weighted by atomic mass is 9.80. The zero-order chi connectivity index (χ0) is 31.9. The lowest BCUT2D eigenvalue weighted by molar-refractivity contribution is -0.137. The number of hydrogen-bond acceptors (Lipinski definition) is 8. The minimum absolute atomic E-state index is 0.0229. The molecule has 0 heterocycles. The van der Waals surface area contributed by atoms with Crippen molar-refractivity contribution in [3.8, 4) is 0 Å². The molecule has 0 aliphatic heterocycles. The molecule has 10 N–H and O–H groups in total. The van der Waals surface area contributed by atoms with Crippen molar-refractivity contribution >= 4 is 36.0 Å². The summed E-state index contributed by atoms with van der Waals surface area (Å²) < 4.78 is 49.9. The van der Waals surface area contributed by atoms with Gasteiger partial charge in [-0.05, 0) is 48.1 Å². The number of carbonyl (C=O) groups excluding carboxylic acids is 3. The summed E-state index contributed by atoms with van der Waals surface area (Å²) in [5.41, 5.74) is 16.7. The molecule has 11 nitrogen and oxygen atoms in total. The van der Waals surface area contributed by atoms with Crippen LogP contribution in [0.5, 0.6) is 0 Å². The first-order chi connectivity index (χ1) is 19.7. The number of aryl methyl sites for hydroxylation is 1. The van der Waals surface area contributed by atoms with E-state index in [0.29, 0.717) is 13.1 Å². The van der Waals surface area contributed by atoms with Gasteiger partial charge >= 0.3 is 13.3 Å². The van der Waals surface area contributed by atoms with Crippen molar-refractivity contribution in [2.75, 3.05) is 38.0 Å². The number of rotatable bonds is 13. The maximum atomic E-state index is 13.9. The van der Waals surface area contributed by atoms with Crippen molar-refractivity contribution in [1.29, 1.82) is 0 Å². The highest BCUT2D eigenvalue weighted by atomic mass is 19.4. The van der Waals surface area contributed by atoms with Gasteiger partial charge in [0.1, 0.15) is 5.82 Å². The van der Waals surface area contributed by atoms with Gasteiger partial charge in [0, 0.05) is 32.6 Å². The summed E-state index contributed by atoms with van der Waals surface area (Å²) in [4.78, 5) is 37.5. The Bertz CT molecular complexity index is 1150. The quantitative estimate of drug-likeness (QED) is 0.120. The summed E-state index contributed by atoms with van der Waals surface area (Å²) in [7, 11) is -1.84. The van der Waals surface area contributed by atoms with Crippen molar-refractivity contribution in [3.63, 3.8) is 0 Å². The van der Waals surface area contributed by atoms with Gasteiger partial charge in [0.05, 0.1) is 23.8 Å². The van der Waals surface area contributed by atoms with Crippen molar-refractivity contribution in [3.05, 3.63) is 59.4 Å². The number of nitrogens with two attached hydrogens (primary N) is 3. The Morgan fingerprint density at radius 2 is 1.62 bits per heavy atom. The third-order valence-corrected chi connectivity index (χ3v) is 5.83. The molecule has 232 valence electrons. The van der Waals surface area contributed by atoms with Crippen LogP contribution in [0.1, 0.15) is 30.9 Å². The molecule has 0 saturated heterocycles. The summed E-state index contributed by atoms with van der Waals surface area (Å²) in [6.07, 6.45) is -3.36. The van der Waals surface area contributed by atoms with E-state index in [1.807, 2.05) is 6.92 Å². The monoisotopic (exact) mass is 600 g/mol. The largest absolute Gasteiger partial charge is 0.488 e. The van der Waals surface area contributed by atoms with Crippen LogP contribution >= 0.6 is 0 Å². The smallest absolute Gasteiger partial charge is 0.423 e. The third kappa shape index (κ3) is 13.0. The van der Waals surface area contributed by atoms with Gasteiger partial charge in [-0.15, -0.1) is 0 Å². The van der Waals surface area contributed by atoms with Gasteiger partial charge in [0.15, 0.2) is 0 Å². The lowest BCUT2D eigenvalue weighted by Gasteiger charge is -2.22. The SMILES string of the molecule is CCc1ccc(C(F)(F)F)cc1.NCCN(CCN)C(=O)CCC(N)C(=O)NCC(=O)Nc1ccc(B(O)O)cc1F. The number of anilines is 1. The number of alkyl halides is 3. The van der Waals surface area contributed by atoms with E-state index in [2.05, 4.69) is 10.6 Å². The summed E-state index contributed by atoms with van der Waals surface area (Å²) >= 11 is 0. The lowest BCUT2D eigenvalue weighted by Crippen LogP contribution is -2.45. The van der Waals surface area contributed by atoms with E-state index in [-0.39, 0.29) is 43.0 Å². The normalized spacial score (nSPS) is 11.6. The number of benzene rings is 2. The molecule has 0 fully saturated rings. The van der Waals surface area contributed by atoms with Crippen molar-refractivity contribution in [1.82, 2.24) is 10.2 Å². The highest BCUT2D eigenvalue weighted by molar-refractivity contribution is 6.58. The fourth-order valence-electron chi connectivity index (χ4n) is 3.46. The van der Waals surface area contributed by atoms with E-state index in [0.717, 1.165) is 36.2 Å². The number of carbonyl (C=O) groups is 3. The number of hydrogen-bond donors (Lipinski definition) is 7. The first-order valence-corrected chi connectivity index (χ1v) is 13.1. The highest BCUT2D eigenvalue weighted by Gasteiger charge is 2.29. The number of nitrogens with one attached hydrogen (secondary N) is 2. The third-order valence-electron chi connectivity index (χ3n) is 5.83. The van der Waals surface area contributed by atoms with Crippen molar-refractivity contribution in [2.45, 2.75) is 38.4 Å². The van der Waals surface area contributed by atoms with Gasteiger partial charge in [-0.1, -0.05) is 25.1 Å². The van der Waals surface area contributed by atoms with Gasteiger partial charge in [-0.2, -0.15) is 13.2 Å². The van der Waals surface area contributed by atoms with Crippen LogP contribution in [0, 0.1) is 5.82 Å². The second-order valence-electron chi connectivity index (χ2n) is 9.03.